The summed E-state index contributed by atoms with van der Waals surface area (Å²) in [4.78, 5) is 6.73. The van der Waals surface area contributed by atoms with E-state index >= 15 is 0 Å². The topological polar surface area (TPSA) is 131 Å². The minimum absolute atomic E-state index is 0.00515. The van der Waals surface area contributed by atoms with E-state index in [1.54, 1.807) is 10.0 Å². The average molecular weight is 1310 g/mol. The highest BCUT2D eigenvalue weighted by atomic mass is 16.5. The molecule has 0 radical (unpaired) electrons. The first-order chi connectivity index (χ1) is 48.7. The van der Waals surface area contributed by atoms with Crippen LogP contribution in [-0.4, -0.2) is 99.8 Å². The Labute approximate surface area is 582 Å². The molecule has 99 heavy (non-hydrogen) atoms. The maximum atomic E-state index is 11.8. The number of aliphatic hydroxyl groups is 2. The third-order valence-electron chi connectivity index (χ3n) is 16.6. The van der Waals surface area contributed by atoms with Crippen molar-refractivity contribution in [3.05, 3.63) is 320 Å². The van der Waals surface area contributed by atoms with Crippen molar-refractivity contribution >= 4 is 87.4 Å². The number of nitrogens with zero attached hydrogens (tertiary/aromatic N) is 11. The number of hydrogen-bond donors (Lipinski definition) is 2. The smallest absolute Gasteiger partial charge is 0.130 e. The SMILES string of the molecule is CCN(CC)c1ccc(/C=N/N(c2ccccc2)c2ccccc2)c(OCC(O)CN(/N=C/c2ccc(N(c3ccccc3)c3ccc(/C=N/N(CC(O)COc4cc(N(CC)CC)ccc4/C=N/N(c4ccccc4)c4ccccc4)c4ccccc4)cc3)cc2)c2ccccc2)c1. The van der Waals surface area contributed by atoms with Gasteiger partial charge in [0.25, 0.3) is 0 Å². The van der Waals surface area contributed by atoms with Gasteiger partial charge in [-0.15, -0.1) is 0 Å². The lowest BCUT2D eigenvalue weighted by molar-refractivity contribution is 0.112. The van der Waals surface area contributed by atoms with E-state index in [0.29, 0.717) is 11.5 Å². The Morgan fingerprint density at radius 2 is 0.576 bits per heavy atom. The van der Waals surface area contributed by atoms with Gasteiger partial charge in [0.2, 0.25) is 0 Å². The molecule has 0 amide bonds. The molecule has 11 rings (SSSR count). The van der Waals surface area contributed by atoms with Crippen LogP contribution in [-0.2, 0) is 0 Å². The van der Waals surface area contributed by atoms with Crippen LogP contribution in [0.3, 0.4) is 0 Å². The predicted molar refractivity (Wildman–Crippen MR) is 412 cm³/mol. The van der Waals surface area contributed by atoms with Gasteiger partial charge in [0.1, 0.15) is 36.9 Å². The van der Waals surface area contributed by atoms with E-state index in [-0.39, 0.29) is 26.3 Å². The molecule has 0 spiro atoms. The van der Waals surface area contributed by atoms with E-state index in [4.69, 9.17) is 29.9 Å². The molecule has 2 N–H and O–H groups in total. The number of anilines is 11. The summed E-state index contributed by atoms with van der Waals surface area (Å²) in [5.41, 5.74) is 13.5. The van der Waals surface area contributed by atoms with Crippen LogP contribution in [0.15, 0.2) is 318 Å². The van der Waals surface area contributed by atoms with Gasteiger partial charge in [-0.2, -0.15) is 20.4 Å². The molecule has 0 aromatic heterocycles. The van der Waals surface area contributed by atoms with Gasteiger partial charge in [-0.05, 0) is 172 Å². The molecule has 0 saturated carbocycles. The van der Waals surface area contributed by atoms with Gasteiger partial charge in [0.05, 0.1) is 72.1 Å². The first kappa shape index (κ1) is 68.6. The third-order valence-corrected chi connectivity index (χ3v) is 16.6. The lowest BCUT2D eigenvalue weighted by Crippen LogP contribution is -2.33. The Morgan fingerprint density at radius 3 is 0.879 bits per heavy atom. The summed E-state index contributed by atoms with van der Waals surface area (Å²) >= 11 is 0. The Balaban J connectivity index is 0.774. The van der Waals surface area contributed by atoms with Gasteiger partial charge in [0.15, 0.2) is 0 Å². The van der Waals surface area contributed by atoms with Crippen molar-refractivity contribution in [3.8, 4) is 11.5 Å². The van der Waals surface area contributed by atoms with E-state index in [9.17, 15) is 10.2 Å². The number of hydrazone groups is 4. The van der Waals surface area contributed by atoms with Crippen LogP contribution in [0.25, 0.3) is 0 Å². The molecule has 11 aromatic carbocycles. The van der Waals surface area contributed by atoms with Crippen LogP contribution in [0, 0.1) is 0 Å². The molecule has 0 bridgehead atoms. The van der Waals surface area contributed by atoms with Crippen LogP contribution in [0.4, 0.5) is 62.6 Å². The van der Waals surface area contributed by atoms with Gasteiger partial charge in [-0.25, -0.2) is 10.0 Å². The minimum Gasteiger partial charge on any atom is -0.490 e. The zero-order valence-corrected chi connectivity index (χ0v) is 56.5. The monoisotopic (exact) mass is 1310 g/mol. The second kappa shape index (κ2) is 35.3. The summed E-state index contributed by atoms with van der Waals surface area (Å²) in [5.74, 6) is 1.21. The number of aliphatic hydroxyl groups excluding tert-OH is 2. The molecular formula is C84H85N11O4. The van der Waals surface area contributed by atoms with Crippen molar-refractivity contribution < 1.29 is 19.7 Å². The van der Waals surface area contributed by atoms with Gasteiger partial charge < -0.3 is 34.4 Å². The Kier molecular flexibility index (Phi) is 24.4. The molecule has 2 unspecified atom stereocenters. The minimum atomic E-state index is -0.928. The van der Waals surface area contributed by atoms with Crippen LogP contribution in [0.5, 0.6) is 11.5 Å². The molecule has 0 aliphatic heterocycles. The molecule has 0 aliphatic carbocycles. The number of para-hydroxylation sites is 7. The number of benzene rings is 11. The summed E-state index contributed by atoms with van der Waals surface area (Å²) < 4.78 is 13.1. The lowest BCUT2D eigenvalue weighted by Gasteiger charge is -2.26. The molecule has 0 aliphatic rings. The van der Waals surface area contributed by atoms with Crippen LogP contribution in [0.1, 0.15) is 49.9 Å². The first-order valence-corrected chi connectivity index (χ1v) is 33.8. The third kappa shape index (κ3) is 18.8. The maximum absolute atomic E-state index is 11.8. The van der Waals surface area contributed by atoms with Crippen molar-refractivity contribution in [1.82, 2.24) is 0 Å². The number of rotatable bonds is 33. The zero-order valence-electron chi connectivity index (χ0n) is 56.5. The highest BCUT2D eigenvalue weighted by molar-refractivity contribution is 5.88. The highest BCUT2D eigenvalue weighted by Gasteiger charge is 2.20. The second-order valence-electron chi connectivity index (χ2n) is 23.4. The van der Waals surface area contributed by atoms with E-state index in [1.165, 1.54) is 0 Å². The van der Waals surface area contributed by atoms with Crippen molar-refractivity contribution in [2.75, 3.05) is 87.2 Å². The standard InChI is InChI=1S/C84H85N11O4/c1-5-89(6-2)79-54-48-68(60-87-94(75-36-22-12-23-37-75)76-38-24-13-25-39-76)83(56-79)98-64-81(96)62-91(70-30-16-9-17-31-70)85-58-66-44-50-73(51-45-66)93(72-34-20-11-21-35-72)74-52-46-67(47-53-74)59-86-92(71-32-18-10-19-33-71)63-82(97)65-99-84-57-80(90(7-3)8-4)55-49-69(84)61-88-95(77-40-26-14-27-41-77)78-42-28-15-29-43-78/h9-61,81-82,96-97H,5-8,62-65H2,1-4H3/b85-58+,86-59+,87-60+,88-61+. The zero-order chi connectivity index (χ0) is 68.4. The van der Waals surface area contributed by atoms with Crippen LogP contribution >= 0.6 is 0 Å². The van der Waals surface area contributed by atoms with Gasteiger partial charge in [-0.1, -0.05) is 152 Å². The molecule has 11 aromatic rings. The van der Waals surface area contributed by atoms with Crippen LogP contribution < -0.4 is 44.2 Å². The van der Waals surface area contributed by atoms with Crippen LogP contribution in [0.2, 0.25) is 0 Å². The highest BCUT2D eigenvalue weighted by Crippen LogP contribution is 2.36. The Morgan fingerprint density at radius 1 is 0.303 bits per heavy atom. The van der Waals surface area contributed by atoms with Gasteiger partial charge >= 0.3 is 0 Å². The van der Waals surface area contributed by atoms with Crippen molar-refractivity contribution in [2.24, 2.45) is 20.4 Å². The second-order valence-corrected chi connectivity index (χ2v) is 23.4. The lowest BCUT2D eigenvalue weighted by atomic mass is 10.1. The van der Waals surface area contributed by atoms with E-state index in [1.807, 2.05) is 284 Å². The number of hydrogen-bond acceptors (Lipinski definition) is 15. The maximum Gasteiger partial charge on any atom is 0.130 e. The van der Waals surface area contributed by atoms with Gasteiger partial charge in [0, 0.05) is 77.9 Å². The fraction of sp³-hybridized carbons (Fsp3) is 0.167. The fourth-order valence-electron chi connectivity index (χ4n) is 11.4. The first-order valence-electron chi connectivity index (χ1n) is 33.8. The fourth-order valence-corrected chi connectivity index (χ4v) is 11.4. The normalized spacial score (nSPS) is 12.0. The molecule has 15 nitrogen and oxygen atoms in total. The molecule has 0 heterocycles. The summed E-state index contributed by atoms with van der Waals surface area (Å²) in [6.45, 7) is 12.2. The molecule has 0 saturated heterocycles. The molecule has 2 atom stereocenters. The van der Waals surface area contributed by atoms with Crippen molar-refractivity contribution in [2.45, 2.75) is 39.9 Å². The molecule has 15 heteroatoms. The Bertz CT molecular complexity index is 3980. The van der Waals surface area contributed by atoms with E-state index < -0.39 is 12.2 Å². The molecule has 0 fully saturated rings. The summed E-state index contributed by atoms with van der Waals surface area (Å²) in [7, 11) is 0. The van der Waals surface area contributed by atoms with E-state index in [2.05, 4.69) is 90.9 Å². The number of ether oxygens (including phenoxy) is 2. The van der Waals surface area contributed by atoms with Crippen molar-refractivity contribution in [1.29, 1.82) is 0 Å². The Hall–Kier alpha value is -11.8. The molecular weight excluding hydrogens is 1230 g/mol. The average Bonchev–Trinajstić information content (AvgIpc) is 0.837. The van der Waals surface area contributed by atoms with E-state index in [0.717, 1.165) is 111 Å². The van der Waals surface area contributed by atoms with Crippen molar-refractivity contribution in [3.63, 3.8) is 0 Å². The summed E-state index contributed by atoms with van der Waals surface area (Å²) in [6, 6.07) is 98.9. The largest absolute Gasteiger partial charge is 0.490 e. The van der Waals surface area contributed by atoms with Gasteiger partial charge in [-0.3, -0.25) is 10.0 Å². The summed E-state index contributed by atoms with van der Waals surface area (Å²) in [6.07, 6.45) is 5.40. The quantitative estimate of drug-likeness (QED) is 0.0301. The predicted octanol–water partition coefficient (Wildman–Crippen LogP) is 17.8. The molecule has 500 valence electrons. The summed E-state index contributed by atoms with van der Waals surface area (Å²) in [5, 5.41) is 51.0.